The molecule has 1 unspecified atom stereocenters. The van der Waals surface area contributed by atoms with Gasteiger partial charge in [0.1, 0.15) is 0 Å². The van der Waals surface area contributed by atoms with Crippen LogP contribution < -0.4 is 0 Å². The van der Waals surface area contributed by atoms with Gasteiger partial charge in [0, 0.05) is 19.2 Å². The molecule has 1 heterocycles. The summed E-state index contributed by atoms with van der Waals surface area (Å²) in [6.07, 6.45) is 13.5. The van der Waals surface area contributed by atoms with E-state index in [9.17, 15) is 0 Å². The van der Waals surface area contributed by atoms with Crippen molar-refractivity contribution in [3.05, 3.63) is 0 Å². The highest BCUT2D eigenvalue weighted by Crippen LogP contribution is 2.21. The number of unbranched alkanes of at least 4 members (excludes halogenated alkanes) is 4. The third-order valence-corrected chi connectivity index (χ3v) is 4.04. The van der Waals surface area contributed by atoms with Crippen molar-refractivity contribution in [2.24, 2.45) is 0 Å². The maximum atomic E-state index is 5.84. The second kappa shape index (κ2) is 10.8. The fourth-order valence-electron chi connectivity index (χ4n) is 2.82. The number of likely N-dealkylation sites (tertiary alicyclic amines) is 1. The molecule has 0 radical (unpaired) electrons. The van der Waals surface area contributed by atoms with Crippen LogP contribution >= 0.6 is 0 Å². The van der Waals surface area contributed by atoms with Gasteiger partial charge < -0.3 is 4.74 Å². The molecular weight excluding hydrogens is 222 g/mol. The second-order valence-electron chi connectivity index (χ2n) is 5.70. The van der Waals surface area contributed by atoms with Gasteiger partial charge >= 0.3 is 0 Å². The molecule has 0 amide bonds. The van der Waals surface area contributed by atoms with Gasteiger partial charge in [-0.25, -0.2) is 0 Å². The fourth-order valence-corrected chi connectivity index (χ4v) is 2.82. The van der Waals surface area contributed by atoms with E-state index in [4.69, 9.17) is 4.74 Å². The number of rotatable bonds is 10. The summed E-state index contributed by atoms with van der Waals surface area (Å²) in [6.45, 7) is 7.61. The molecule has 1 rings (SSSR count). The Morgan fingerprint density at radius 2 is 1.78 bits per heavy atom. The molecule has 0 saturated carbocycles. The molecule has 1 aliphatic heterocycles. The van der Waals surface area contributed by atoms with Crippen LogP contribution in [0.3, 0.4) is 0 Å². The van der Waals surface area contributed by atoms with Crippen molar-refractivity contribution < 1.29 is 4.74 Å². The summed E-state index contributed by atoms with van der Waals surface area (Å²) in [5.74, 6) is 0. The van der Waals surface area contributed by atoms with Crippen molar-refractivity contribution in [2.45, 2.75) is 84.1 Å². The van der Waals surface area contributed by atoms with Gasteiger partial charge in [0.25, 0.3) is 0 Å². The maximum Gasteiger partial charge on any atom is 0.0992 e. The topological polar surface area (TPSA) is 12.5 Å². The molecule has 0 aromatic carbocycles. The van der Waals surface area contributed by atoms with E-state index >= 15 is 0 Å². The third-order valence-electron chi connectivity index (χ3n) is 4.04. The summed E-state index contributed by atoms with van der Waals surface area (Å²) in [5, 5.41) is 0. The quantitative estimate of drug-likeness (QED) is 0.530. The molecule has 18 heavy (non-hydrogen) atoms. The highest BCUT2D eigenvalue weighted by Gasteiger charge is 2.21. The zero-order valence-electron chi connectivity index (χ0n) is 12.6. The first kappa shape index (κ1) is 16.0. The lowest BCUT2D eigenvalue weighted by Gasteiger charge is -2.35. The molecule has 2 heteroatoms. The molecule has 0 bridgehead atoms. The SMILES string of the molecule is CCCCCOCN1CCCCC1CCCCC. The Hall–Kier alpha value is -0.0800. The Morgan fingerprint density at radius 3 is 2.56 bits per heavy atom. The Labute approximate surface area is 114 Å². The first-order chi connectivity index (χ1) is 8.88. The molecule has 2 nitrogen and oxygen atoms in total. The zero-order chi connectivity index (χ0) is 13.1. The highest BCUT2D eigenvalue weighted by molar-refractivity contribution is 4.75. The maximum absolute atomic E-state index is 5.84. The van der Waals surface area contributed by atoms with E-state index in [0.29, 0.717) is 0 Å². The molecule has 0 aromatic rings. The number of piperidine rings is 1. The average molecular weight is 255 g/mol. The molecule has 0 aromatic heterocycles. The minimum Gasteiger partial charge on any atom is -0.366 e. The van der Waals surface area contributed by atoms with Crippen molar-refractivity contribution in [1.29, 1.82) is 0 Å². The lowest BCUT2D eigenvalue weighted by Crippen LogP contribution is -2.40. The van der Waals surface area contributed by atoms with E-state index in [1.165, 1.54) is 70.8 Å². The summed E-state index contributed by atoms with van der Waals surface area (Å²) in [5.41, 5.74) is 0. The molecule has 0 N–H and O–H groups in total. The van der Waals surface area contributed by atoms with Crippen LogP contribution in [-0.4, -0.2) is 30.8 Å². The van der Waals surface area contributed by atoms with Gasteiger partial charge in [-0.2, -0.15) is 0 Å². The summed E-state index contributed by atoms with van der Waals surface area (Å²) in [7, 11) is 0. The van der Waals surface area contributed by atoms with Gasteiger partial charge in [-0.05, 0) is 25.7 Å². The van der Waals surface area contributed by atoms with Gasteiger partial charge in [-0.15, -0.1) is 0 Å². The third kappa shape index (κ3) is 6.75. The van der Waals surface area contributed by atoms with Crippen LogP contribution in [0.5, 0.6) is 0 Å². The number of ether oxygens (including phenoxy) is 1. The lowest BCUT2D eigenvalue weighted by molar-refractivity contribution is -0.0133. The minimum absolute atomic E-state index is 0.802. The average Bonchev–Trinajstić information content (AvgIpc) is 2.40. The Kier molecular flexibility index (Phi) is 9.59. The van der Waals surface area contributed by atoms with Crippen LogP contribution in [0.4, 0.5) is 0 Å². The van der Waals surface area contributed by atoms with E-state index in [1.54, 1.807) is 0 Å². The van der Waals surface area contributed by atoms with Gasteiger partial charge in [0.15, 0.2) is 0 Å². The van der Waals surface area contributed by atoms with Gasteiger partial charge in [0.05, 0.1) is 6.73 Å². The van der Waals surface area contributed by atoms with Crippen molar-refractivity contribution in [2.75, 3.05) is 19.9 Å². The van der Waals surface area contributed by atoms with Gasteiger partial charge in [0.2, 0.25) is 0 Å². The summed E-state index contributed by atoms with van der Waals surface area (Å²) >= 11 is 0. The van der Waals surface area contributed by atoms with Crippen molar-refractivity contribution in [1.82, 2.24) is 4.90 Å². The van der Waals surface area contributed by atoms with Crippen LogP contribution in [0.25, 0.3) is 0 Å². The molecule has 0 spiro atoms. The van der Waals surface area contributed by atoms with Crippen LogP contribution in [-0.2, 0) is 4.74 Å². The van der Waals surface area contributed by atoms with Gasteiger partial charge in [-0.3, -0.25) is 4.90 Å². The molecule has 1 saturated heterocycles. The van der Waals surface area contributed by atoms with E-state index in [-0.39, 0.29) is 0 Å². The lowest BCUT2D eigenvalue weighted by atomic mass is 9.97. The predicted molar refractivity (Wildman–Crippen MR) is 78.8 cm³/mol. The van der Waals surface area contributed by atoms with E-state index in [0.717, 1.165) is 19.4 Å². The highest BCUT2D eigenvalue weighted by atomic mass is 16.5. The van der Waals surface area contributed by atoms with Crippen LogP contribution in [0.1, 0.15) is 78.1 Å². The monoisotopic (exact) mass is 255 g/mol. The van der Waals surface area contributed by atoms with Crippen molar-refractivity contribution >= 4 is 0 Å². The number of hydrogen-bond acceptors (Lipinski definition) is 2. The predicted octanol–water partition coefficient (Wildman–Crippen LogP) is 4.59. The second-order valence-corrected chi connectivity index (χ2v) is 5.70. The van der Waals surface area contributed by atoms with Crippen molar-refractivity contribution in [3.63, 3.8) is 0 Å². The molecule has 1 fully saturated rings. The normalized spacial score (nSPS) is 21.3. The molecular formula is C16H33NO. The standard InChI is InChI=1S/C16H33NO/c1-3-5-7-11-16-12-8-9-13-17(16)15-18-14-10-6-4-2/h16H,3-15H2,1-2H3. The Morgan fingerprint density at radius 1 is 1.00 bits per heavy atom. The Balaban J connectivity index is 2.13. The van der Waals surface area contributed by atoms with E-state index < -0.39 is 0 Å². The van der Waals surface area contributed by atoms with Crippen LogP contribution in [0.2, 0.25) is 0 Å². The smallest absolute Gasteiger partial charge is 0.0992 e. The van der Waals surface area contributed by atoms with E-state index in [2.05, 4.69) is 18.7 Å². The molecule has 0 aliphatic carbocycles. The fraction of sp³-hybridized carbons (Fsp3) is 1.00. The summed E-state index contributed by atoms with van der Waals surface area (Å²) in [4.78, 5) is 2.59. The van der Waals surface area contributed by atoms with Crippen LogP contribution in [0.15, 0.2) is 0 Å². The van der Waals surface area contributed by atoms with Crippen LogP contribution in [0, 0.1) is 0 Å². The zero-order valence-corrected chi connectivity index (χ0v) is 12.6. The Bertz CT molecular complexity index is 184. The number of nitrogens with zero attached hydrogens (tertiary/aromatic N) is 1. The van der Waals surface area contributed by atoms with E-state index in [1.807, 2.05) is 0 Å². The first-order valence-corrected chi connectivity index (χ1v) is 8.20. The first-order valence-electron chi connectivity index (χ1n) is 8.20. The molecule has 1 aliphatic rings. The van der Waals surface area contributed by atoms with Gasteiger partial charge in [-0.1, -0.05) is 52.4 Å². The van der Waals surface area contributed by atoms with Crippen molar-refractivity contribution in [3.8, 4) is 0 Å². The number of hydrogen-bond donors (Lipinski definition) is 0. The molecule has 1 atom stereocenters. The molecule has 108 valence electrons. The summed E-state index contributed by atoms with van der Waals surface area (Å²) in [6, 6.07) is 0.802. The largest absolute Gasteiger partial charge is 0.366 e. The minimum atomic E-state index is 0.802. The summed E-state index contributed by atoms with van der Waals surface area (Å²) < 4.78 is 5.84.